The first-order valence-corrected chi connectivity index (χ1v) is 7.41. The van der Waals surface area contributed by atoms with Gasteiger partial charge in [-0.15, -0.1) is 0 Å². The Morgan fingerprint density at radius 2 is 2.20 bits per heavy atom. The fourth-order valence-corrected chi connectivity index (χ4v) is 3.00. The third-order valence-electron chi connectivity index (χ3n) is 3.77. The Morgan fingerprint density at radius 1 is 1.50 bits per heavy atom. The number of carbonyl (C=O) groups excluding carboxylic acids is 1. The van der Waals surface area contributed by atoms with Gasteiger partial charge in [-0.3, -0.25) is 9.69 Å². The smallest absolute Gasteiger partial charge is 0.245 e. The number of halogens is 1. The quantitative estimate of drug-likeness (QED) is 0.834. The van der Waals surface area contributed by atoms with Crippen LogP contribution in [-0.2, 0) is 4.79 Å². The van der Waals surface area contributed by atoms with Crippen molar-refractivity contribution in [2.24, 2.45) is 0 Å². The van der Waals surface area contributed by atoms with E-state index in [1.54, 1.807) is 0 Å². The number of amides is 1. The molecule has 1 saturated heterocycles. The molecule has 2 unspecified atom stereocenters. The van der Waals surface area contributed by atoms with Gasteiger partial charge in [0, 0.05) is 22.7 Å². The summed E-state index contributed by atoms with van der Waals surface area (Å²) in [5.41, 5.74) is 2.02. The normalized spacial score (nSPS) is 23.8. The zero-order valence-corrected chi connectivity index (χ0v) is 13.5. The van der Waals surface area contributed by atoms with Crippen LogP contribution in [0.2, 0.25) is 0 Å². The van der Waals surface area contributed by atoms with Gasteiger partial charge in [0.05, 0.1) is 12.5 Å². The van der Waals surface area contributed by atoms with Crippen LogP contribution in [0, 0.1) is 18.3 Å². The van der Waals surface area contributed by atoms with Crippen molar-refractivity contribution in [2.75, 3.05) is 18.5 Å². The van der Waals surface area contributed by atoms with Gasteiger partial charge in [-0.2, -0.15) is 5.26 Å². The van der Waals surface area contributed by atoms with Crippen LogP contribution in [-0.4, -0.2) is 36.5 Å². The molecule has 2 rings (SSSR count). The maximum absolute atomic E-state index is 12.7. The van der Waals surface area contributed by atoms with E-state index in [0.29, 0.717) is 0 Å². The largest absolute Gasteiger partial charge is 0.307 e. The maximum Gasteiger partial charge on any atom is 0.245 e. The minimum absolute atomic E-state index is 0.00329. The van der Waals surface area contributed by atoms with E-state index in [-0.39, 0.29) is 24.4 Å². The first kappa shape index (κ1) is 15.0. The number of carbonyl (C=O) groups is 1. The summed E-state index contributed by atoms with van der Waals surface area (Å²) in [5.74, 6) is 0.00329. The first-order valence-electron chi connectivity index (χ1n) is 6.62. The van der Waals surface area contributed by atoms with Crippen LogP contribution in [0.15, 0.2) is 22.7 Å². The van der Waals surface area contributed by atoms with Crippen LogP contribution in [0.3, 0.4) is 0 Å². The molecule has 2 atom stereocenters. The van der Waals surface area contributed by atoms with Crippen molar-refractivity contribution in [2.45, 2.75) is 32.4 Å². The Labute approximate surface area is 128 Å². The minimum Gasteiger partial charge on any atom is -0.307 e. The van der Waals surface area contributed by atoms with E-state index in [1.807, 2.05) is 48.9 Å². The third-order valence-corrected chi connectivity index (χ3v) is 4.62. The molecule has 0 radical (unpaired) electrons. The molecular weight excluding hydrogens is 318 g/mol. The molecule has 0 spiro atoms. The molecule has 0 bridgehead atoms. The summed E-state index contributed by atoms with van der Waals surface area (Å²) >= 11 is 3.51. The molecule has 1 heterocycles. The van der Waals surface area contributed by atoms with Gasteiger partial charge in [0.15, 0.2) is 0 Å². The molecule has 0 N–H and O–H groups in total. The van der Waals surface area contributed by atoms with Crippen molar-refractivity contribution in [3.63, 3.8) is 0 Å². The van der Waals surface area contributed by atoms with E-state index in [9.17, 15) is 4.79 Å². The van der Waals surface area contributed by atoms with Gasteiger partial charge < -0.3 is 4.90 Å². The number of benzene rings is 1. The number of aryl methyl sites for hydroxylation is 1. The summed E-state index contributed by atoms with van der Waals surface area (Å²) in [6.45, 7) is 4.82. The predicted molar refractivity (Wildman–Crippen MR) is 82.5 cm³/mol. The summed E-state index contributed by atoms with van der Waals surface area (Å²) < 4.78 is 0.991. The van der Waals surface area contributed by atoms with Gasteiger partial charge in [-0.1, -0.05) is 22.0 Å². The van der Waals surface area contributed by atoms with Gasteiger partial charge in [0.1, 0.15) is 6.04 Å². The lowest BCUT2D eigenvalue weighted by atomic mass is 10.0. The molecular formula is C15H18BrN3O. The van der Waals surface area contributed by atoms with Gasteiger partial charge >= 0.3 is 0 Å². The van der Waals surface area contributed by atoms with Crippen molar-refractivity contribution in [1.82, 2.24) is 4.90 Å². The van der Waals surface area contributed by atoms with E-state index >= 15 is 0 Å². The summed E-state index contributed by atoms with van der Waals surface area (Å²) in [6.07, 6.45) is 0.228. The van der Waals surface area contributed by atoms with Crippen LogP contribution in [0.5, 0.6) is 0 Å². The minimum atomic E-state index is -0.351. The Kier molecular flexibility index (Phi) is 4.46. The maximum atomic E-state index is 12.7. The highest BCUT2D eigenvalue weighted by molar-refractivity contribution is 9.10. The number of anilines is 1. The Bertz CT molecular complexity index is 567. The van der Waals surface area contributed by atoms with Crippen molar-refractivity contribution in [3.05, 3.63) is 28.2 Å². The molecule has 1 aliphatic rings. The molecule has 1 aromatic carbocycles. The zero-order chi connectivity index (χ0) is 14.9. The number of rotatable bonds is 2. The lowest BCUT2D eigenvalue weighted by molar-refractivity contribution is -0.126. The zero-order valence-electron chi connectivity index (χ0n) is 11.9. The number of nitriles is 1. The molecule has 106 valence electrons. The lowest BCUT2D eigenvalue weighted by Crippen LogP contribution is -2.59. The number of hydrogen-bond donors (Lipinski definition) is 0. The summed E-state index contributed by atoms with van der Waals surface area (Å²) in [4.78, 5) is 16.4. The highest BCUT2D eigenvalue weighted by Crippen LogP contribution is 2.28. The Balaban J connectivity index is 2.36. The van der Waals surface area contributed by atoms with Crippen LogP contribution in [0.1, 0.15) is 18.9 Å². The monoisotopic (exact) mass is 335 g/mol. The molecule has 4 nitrogen and oxygen atoms in total. The molecule has 0 aliphatic carbocycles. The Hall–Kier alpha value is -1.38. The molecule has 20 heavy (non-hydrogen) atoms. The lowest BCUT2D eigenvalue weighted by Gasteiger charge is -2.42. The van der Waals surface area contributed by atoms with Crippen LogP contribution in [0.4, 0.5) is 5.69 Å². The predicted octanol–water partition coefficient (Wildman–Crippen LogP) is 2.71. The number of hydrogen-bond acceptors (Lipinski definition) is 3. The van der Waals surface area contributed by atoms with E-state index in [2.05, 4.69) is 22.0 Å². The van der Waals surface area contributed by atoms with E-state index in [1.165, 1.54) is 0 Å². The fraction of sp³-hybridized carbons (Fsp3) is 0.467. The molecule has 5 heteroatoms. The summed E-state index contributed by atoms with van der Waals surface area (Å²) in [5, 5.41) is 8.90. The molecule has 1 aromatic rings. The number of likely N-dealkylation sites (N-methyl/N-ethyl adjacent to an activating group) is 1. The van der Waals surface area contributed by atoms with E-state index in [4.69, 9.17) is 5.26 Å². The van der Waals surface area contributed by atoms with Crippen molar-refractivity contribution >= 4 is 27.5 Å². The van der Waals surface area contributed by atoms with Crippen molar-refractivity contribution in [3.8, 4) is 6.07 Å². The van der Waals surface area contributed by atoms with Crippen molar-refractivity contribution in [1.29, 1.82) is 5.26 Å². The molecule has 1 fully saturated rings. The van der Waals surface area contributed by atoms with Gasteiger partial charge in [0.2, 0.25) is 5.91 Å². The SMILES string of the molecule is Cc1ccc(N2C(=O)C(CC#N)N(C)CC2C)cc1Br. The fourth-order valence-electron chi connectivity index (χ4n) is 2.63. The topological polar surface area (TPSA) is 47.3 Å². The van der Waals surface area contributed by atoms with Gasteiger partial charge in [-0.25, -0.2) is 0 Å². The van der Waals surface area contributed by atoms with Crippen LogP contribution < -0.4 is 4.90 Å². The summed E-state index contributed by atoms with van der Waals surface area (Å²) in [7, 11) is 1.90. The van der Waals surface area contributed by atoms with Crippen LogP contribution >= 0.6 is 15.9 Å². The standard InChI is InChI=1S/C15H18BrN3O/c1-10-4-5-12(8-13(10)16)19-11(2)9-18(3)14(6-7-17)15(19)20/h4-5,8,11,14H,6,9H2,1-3H3. The summed E-state index contributed by atoms with van der Waals surface area (Å²) in [6, 6.07) is 7.78. The number of nitrogens with zero attached hydrogens (tertiary/aromatic N) is 3. The van der Waals surface area contributed by atoms with Gasteiger partial charge in [-0.05, 0) is 38.6 Å². The van der Waals surface area contributed by atoms with E-state index < -0.39 is 0 Å². The van der Waals surface area contributed by atoms with Gasteiger partial charge in [0.25, 0.3) is 0 Å². The third kappa shape index (κ3) is 2.72. The molecule has 0 saturated carbocycles. The highest BCUT2D eigenvalue weighted by atomic mass is 79.9. The highest BCUT2D eigenvalue weighted by Gasteiger charge is 2.37. The van der Waals surface area contributed by atoms with Crippen molar-refractivity contribution < 1.29 is 4.79 Å². The molecule has 1 amide bonds. The van der Waals surface area contributed by atoms with E-state index in [0.717, 1.165) is 22.3 Å². The molecule has 0 aromatic heterocycles. The second-order valence-electron chi connectivity index (χ2n) is 5.31. The average molecular weight is 336 g/mol. The average Bonchev–Trinajstić information content (AvgIpc) is 2.38. The van der Waals surface area contributed by atoms with Crippen LogP contribution in [0.25, 0.3) is 0 Å². The Morgan fingerprint density at radius 3 is 2.80 bits per heavy atom. The first-order chi connectivity index (χ1) is 9.45. The number of piperazine rings is 1. The second kappa shape index (κ2) is 5.94. The molecule has 1 aliphatic heterocycles. The second-order valence-corrected chi connectivity index (χ2v) is 6.16.